The summed E-state index contributed by atoms with van der Waals surface area (Å²) >= 11 is 0. The van der Waals surface area contributed by atoms with Crippen molar-refractivity contribution in [2.45, 2.75) is 57.7 Å². The Hall–Kier alpha value is -1.48. The molecule has 0 heterocycles. The molecule has 2 heteroatoms. The Morgan fingerprint density at radius 3 is 2.53 bits per heavy atom. The first-order valence-electron chi connectivity index (χ1n) is 6.87. The summed E-state index contributed by atoms with van der Waals surface area (Å²) in [5.74, 6) is 10.3. The summed E-state index contributed by atoms with van der Waals surface area (Å²) in [6.45, 7) is 5.59. The second-order valence-corrected chi connectivity index (χ2v) is 4.35. The van der Waals surface area contributed by atoms with Crippen LogP contribution in [0, 0.1) is 23.7 Å². The van der Waals surface area contributed by atoms with Gasteiger partial charge in [-0.25, -0.2) is 0 Å². The second-order valence-electron chi connectivity index (χ2n) is 4.35. The van der Waals surface area contributed by atoms with Crippen LogP contribution in [0.4, 0.5) is 0 Å². The number of allylic oxidation sites excluding steroid dienone is 1. The molecule has 0 aromatic heterocycles. The highest BCUT2D eigenvalue weighted by molar-refractivity contribution is 5.32. The number of rotatable bonds is 8. The number of unbranched alkanes of at least 4 members (excludes halogenated alkanes) is 4. The molecule has 0 radical (unpaired) electrons. The molecule has 0 spiro atoms. The summed E-state index contributed by atoms with van der Waals surface area (Å²) in [5.41, 5.74) is 0. The van der Waals surface area contributed by atoms with Crippen molar-refractivity contribution in [2.24, 2.45) is 0 Å². The van der Waals surface area contributed by atoms with E-state index in [-0.39, 0.29) is 0 Å². The van der Waals surface area contributed by atoms with E-state index < -0.39 is 12.2 Å². The van der Waals surface area contributed by atoms with Crippen molar-refractivity contribution in [3.05, 3.63) is 24.8 Å². The fraction of sp³-hybridized carbons (Fsp3) is 0.529. The summed E-state index contributed by atoms with van der Waals surface area (Å²) < 4.78 is 0. The minimum absolute atomic E-state index is 0.428. The van der Waals surface area contributed by atoms with Crippen molar-refractivity contribution >= 4 is 0 Å². The van der Waals surface area contributed by atoms with Crippen LogP contribution in [0.2, 0.25) is 0 Å². The molecule has 104 valence electrons. The predicted molar refractivity (Wildman–Crippen MR) is 80.3 cm³/mol. The Kier molecular flexibility index (Phi) is 12.0. The van der Waals surface area contributed by atoms with Crippen LogP contribution >= 0.6 is 0 Å². The first-order chi connectivity index (χ1) is 9.20. The first kappa shape index (κ1) is 17.5. The summed E-state index contributed by atoms with van der Waals surface area (Å²) in [5, 5.41) is 18.7. The standard InChI is InChI=1S/C17H24O2/c1-3-5-6-7-11-14-17(19)15-12-9-8-10-13-16(18)4-2/h4,12,15-19H,2-3,5-7,11,14H2,1H3/b15-12+/t16-,17+/m0/s1. The monoisotopic (exact) mass is 260 g/mol. The molecule has 0 bridgehead atoms. The molecule has 2 N–H and O–H groups in total. The molecule has 0 fully saturated rings. The molecule has 2 nitrogen and oxygen atoms in total. The molecule has 0 saturated carbocycles. The van der Waals surface area contributed by atoms with Crippen molar-refractivity contribution in [3.63, 3.8) is 0 Å². The van der Waals surface area contributed by atoms with Crippen LogP contribution in [0.1, 0.15) is 45.4 Å². The van der Waals surface area contributed by atoms with Crippen LogP contribution in [-0.4, -0.2) is 22.4 Å². The van der Waals surface area contributed by atoms with Crippen molar-refractivity contribution in [1.82, 2.24) is 0 Å². The average molecular weight is 260 g/mol. The van der Waals surface area contributed by atoms with Crippen LogP contribution in [0.5, 0.6) is 0 Å². The lowest BCUT2D eigenvalue weighted by Gasteiger charge is -2.03. The Morgan fingerprint density at radius 2 is 1.84 bits per heavy atom. The Morgan fingerprint density at radius 1 is 1.11 bits per heavy atom. The topological polar surface area (TPSA) is 40.5 Å². The van der Waals surface area contributed by atoms with Crippen LogP contribution in [0.25, 0.3) is 0 Å². The molecular formula is C17H24O2. The Bertz CT molecular complexity index is 374. The van der Waals surface area contributed by atoms with E-state index in [1.807, 2.05) is 0 Å². The molecular weight excluding hydrogens is 236 g/mol. The van der Waals surface area contributed by atoms with Gasteiger partial charge in [0.15, 0.2) is 0 Å². The van der Waals surface area contributed by atoms with Crippen molar-refractivity contribution < 1.29 is 10.2 Å². The SMILES string of the molecule is C=C[C@H](O)C#CC#C/C=C/[C@H](O)CCCCCCC. The molecule has 19 heavy (non-hydrogen) atoms. The summed E-state index contributed by atoms with van der Waals surface area (Å²) in [6, 6.07) is 0. The maximum atomic E-state index is 9.64. The normalized spacial score (nSPS) is 13.0. The molecule has 0 aliphatic heterocycles. The van der Waals surface area contributed by atoms with Gasteiger partial charge in [-0.3, -0.25) is 0 Å². The maximum absolute atomic E-state index is 9.64. The lowest BCUT2D eigenvalue weighted by atomic mass is 10.1. The highest BCUT2D eigenvalue weighted by atomic mass is 16.3. The minimum Gasteiger partial charge on any atom is -0.389 e. The predicted octanol–water partition coefficient (Wildman–Crippen LogP) is 2.82. The van der Waals surface area contributed by atoms with Gasteiger partial charge in [-0.05, 0) is 30.4 Å². The molecule has 0 rings (SSSR count). The van der Waals surface area contributed by atoms with Gasteiger partial charge in [-0.2, -0.15) is 0 Å². The molecule has 2 atom stereocenters. The third kappa shape index (κ3) is 12.8. The van der Waals surface area contributed by atoms with Gasteiger partial charge in [0.2, 0.25) is 0 Å². The molecule has 0 aromatic carbocycles. The Balaban J connectivity index is 3.77. The van der Waals surface area contributed by atoms with Crippen LogP contribution in [0.3, 0.4) is 0 Å². The van der Waals surface area contributed by atoms with Crippen molar-refractivity contribution in [1.29, 1.82) is 0 Å². The molecule has 0 aliphatic carbocycles. The second kappa shape index (κ2) is 13.0. The summed E-state index contributed by atoms with van der Waals surface area (Å²) in [6.07, 6.45) is 10.1. The van der Waals surface area contributed by atoms with E-state index in [9.17, 15) is 5.11 Å². The first-order valence-corrected chi connectivity index (χ1v) is 6.87. The number of aliphatic hydroxyl groups excluding tert-OH is 2. The summed E-state index contributed by atoms with van der Waals surface area (Å²) in [4.78, 5) is 0. The molecule has 0 unspecified atom stereocenters. The molecule has 0 saturated heterocycles. The van der Waals surface area contributed by atoms with Crippen molar-refractivity contribution in [2.75, 3.05) is 0 Å². The zero-order valence-electron chi connectivity index (χ0n) is 11.7. The fourth-order valence-electron chi connectivity index (χ4n) is 1.46. The smallest absolute Gasteiger partial charge is 0.134 e. The quantitative estimate of drug-likeness (QED) is 0.400. The largest absolute Gasteiger partial charge is 0.389 e. The fourth-order valence-corrected chi connectivity index (χ4v) is 1.46. The van der Waals surface area contributed by atoms with E-state index in [0.29, 0.717) is 0 Å². The minimum atomic E-state index is -0.827. The van der Waals surface area contributed by atoms with Gasteiger partial charge in [0, 0.05) is 0 Å². The van der Waals surface area contributed by atoms with E-state index in [0.717, 1.165) is 12.8 Å². The van der Waals surface area contributed by atoms with E-state index in [4.69, 9.17) is 5.11 Å². The van der Waals surface area contributed by atoms with E-state index in [1.54, 1.807) is 12.2 Å². The lowest BCUT2D eigenvalue weighted by Crippen LogP contribution is -2.01. The highest BCUT2D eigenvalue weighted by Crippen LogP contribution is 2.07. The van der Waals surface area contributed by atoms with Gasteiger partial charge in [-0.15, -0.1) is 0 Å². The van der Waals surface area contributed by atoms with Gasteiger partial charge in [-0.1, -0.05) is 63.5 Å². The number of hydrogen-bond donors (Lipinski definition) is 2. The zero-order chi connectivity index (χ0) is 14.3. The Labute approximate surface area is 117 Å². The summed E-state index contributed by atoms with van der Waals surface area (Å²) in [7, 11) is 0. The zero-order valence-corrected chi connectivity index (χ0v) is 11.7. The van der Waals surface area contributed by atoms with E-state index in [1.165, 1.54) is 31.8 Å². The van der Waals surface area contributed by atoms with Gasteiger partial charge in [0.1, 0.15) is 6.10 Å². The maximum Gasteiger partial charge on any atom is 0.134 e. The number of aliphatic hydroxyl groups is 2. The average Bonchev–Trinajstić information content (AvgIpc) is 2.42. The number of hydrogen-bond acceptors (Lipinski definition) is 2. The van der Waals surface area contributed by atoms with Gasteiger partial charge in [0.25, 0.3) is 0 Å². The lowest BCUT2D eigenvalue weighted by molar-refractivity contribution is 0.208. The van der Waals surface area contributed by atoms with Gasteiger partial charge in [0.05, 0.1) is 6.10 Å². The van der Waals surface area contributed by atoms with Crippen LogP contribution < -0.4 is 0 Å². The third-order valence-electron chi connectivity index (χ3n) is 2.58. The highest BCUT2D eigenvalue weighted by Gasteiger charge is 1.97. The van der Waals surface area contributed by atoms with Gasteiger partial charge >= 0.3 is 0 Å². The third-order valence-corrected chi connectivity index (χ3v) is 2.58. The molecule has 0 aliphatic rings. The van der Waals surface area contributed by atoms with Crippen molar-refractivity contribution in [3.8, 4) is 23.7 Å². The molecule has 0 amide bonds. The van der Waals surface area contributed by atoms with Crippen LogP contribution in [-0.2, 0) is 0 Å². The van der Waals surface area contributed by atoms with E-state index in [2.05, 4.69) is 37.2 Å². The van der Waals surface area contributed by atoms with Gasteiger partial charge < -0.3 is 10.2 Å². The molecule has 0 aromatic rings. The van der Waals surface area contributed by atoms with E-state index >= 15 is 0 Å². The van der Waals surface area contributed by atoms with Crippen LogP contribution in [0.15, 0.2) is 24.8 Å².